The minimum Gasteiger partial charge on any atom is -0.329 e. The molecule has 8 nitrogen and oxygen atoms in total. The van der Waals surface area contributed by atoms with Gasteiger partial charge in [0.1, 0.15) is 5.56 Å². The molecule has 198 valence electrons. The van der Waals surface area contributed by atoms with Crippen molar-refractivity contribution in [1.82, 2.24) is 25.0 Å². The standard InChI is InChI=1S/C25H14F6N6O2/c26-24(27,28)19-10-13(15-2-1-3-17-16(15)6-7-32-22(17)38)4-5-18(19)23(39)36-14-11-20(25(29,30)31)21(33-12-14)37-34-8-9-35-37/h1-12H,(H,32,38)(H,36,39). The fourth-order valence-electron chi connectivity index (χ4n) is 4.03. The fourth-order valence-corrected chi connectivity index (χ4v) is 4.03. The van der Waals surface area contributed by atoms with Gasteiger partial charge in [-0.15, -0.1) is 4.80 Å². The van der Waals surface area contributed by atoms with Gasteiger partial charge in [-0.1, -0.05) is 18.2 Å². The van der Waals surface area contributed by atoms with Crippen LogP contribution in [-0.2, 0) is 12.4 Å². The number of hydrogen-bond acceptors (Lipinski definition) is 5. The van der Waals surface area contributed by atoms with Gasteiger partial charge in [0.05, 0.1) is 35.4 Å². The lowest BCUT2D eigenvalue weighted by Gasteiger charge is -2.16. The smallest absolute Gasteiger partial charge is 0.329 e. The van der Waals surface area contributed by atoms with Gasteiger partial charge >= 0.3 is 12.4 Å². The molecular weight excluding hydrogens is 530 g/mol. The predicted molar refractivity (Wildman–Crippen MR) is 127 cm³/mol. The number of fused-ring (bicyclic) bond motifs is 1. The zero-order valence-corrected chi connectivity index (χ0v) is 19.3. The quantitative estimate of drug-likeness (QED) is 0.293. The Kier molecular flexibility index (Phi) is 6.17. The van der Waals surface area contributed by atoms with Gasteiger partial charge in [-0.05, 0) is 46.8 Å². The zero-order valence-electron chi connectivity index (χ0n) is 19.3. The van der Waals surface area contributed by atoms with E-state index in [1.54, 1.807) is 0 Å². The van der Waals surface area contributed by atoms with Crippen molar-refractivity contribution >= 4 is 22.4 Å². The number of anilines is 1. The summed E-state index contributed by atoms with van der Waals surface area (Å²) >= 11 is 0. The predicted octanol–water partition coefficient (Wildman–Crippen LogP) is 5.46. The summed E-state index contributed by atoms with van der Waals surface area (Å²) < 4.78 is 83.1. The molecular formula is C25H14F6N6O2. The largest absolute Gasteiger partial charge is 0.420 e. The van der Waals surface area contributed by atoms with E-state index in [-0.39, 0.29) is 10.9 Å². The van der Waals surface area contributed by atoms with E-state index in [4.69, 9.17) is 0 Å². The number of amides is 1. The van der Waals surface area contributed by atoms with Crippen molar-refractivity contribution < 1.29 is 31.1 Å². The Morgan fingerprint density at radius 1 is 0.872 bits per heavy atom. The van der Waals surface area contributed by atoms with Crippen LogP contribution in [0.4, 0.5) is 32.0 Å². The molecule has 0 atom stereocenters. The van der Waals surface area contributed by atoms with Crippen molar-refractivity contribution in [2.75, 3.05) is 5.32 Å². The molecule has 2 N–H and O–H groups in total. The van der Waals surface area contributed by atoms with E-state index in [0.29, 0.717) is 21.8 Å². The normalized spacial score (nSPS) is 12.1. The van der Waals surface area contributed by atoms with Crippen molar-refractivity contribution in [2.24, 2.45) is 0 Å². The van der Waals surface area contributed by atoms with Crippen molar-refractivity contribution in [3.05, 3.63) is 100 Å². The first-order chi connectivity index (χ1) is 18.4. The third-order valence-corrected chi connectivity index (χ3v) is 5.73. The first-order valence-electron chi connectivity index (χ1n) is 11.0. The second kappa shape index (κ2) is 9.38. The SMILES string of the molecule is O=C(Nc1cnc(-n2nccn2)c(C(F)(F)F)c1)c1ccc(-c2cccc3c(=O)[nH]ccc23)cc1C(F)(F)F. The summed E-state index contributed by atoms with van der Waals surface area (Å²) in [6, 6.07) is 9.53. The summed E-state index contributed by atoms with van der Waals surface area (Å²) in [5, 5.41) is 9.92. The molecule has 39 heavy (non-hydrogen) atoms. The van der Waals surface area contributed by atoms with Gasteiger partial charge in [0.2, 0.25) is 0 Å². The first kappa shape index (κ1) is 25.6. The molecule has 0 bridgehead atoms. The summed E-state index contributed by atoms with van der Waals surface area (Å²) in [5.74, 6) is -1.98. The Hall–Kier alpha value is -5.01. The van der Waals surface area contributed by atoms with Crippen LogP contribution in [0.15, 0.2) is 78.1 Å². The highest BCUT2D eigenvalue weighted by molar-refractivity contribution is 6.06. The molecule has 14 heteroatoms. The van der Waals surface area contributed by atoms with E-state index in [1.807, 2.05) is 0 Å². The lowest BCUT2D eigenvalue weighted by atomic mass is 9.95. The second-order valence-electron chi connectivity index (χ2n) is 8.20. The van der Waals surface area contributed by atoms with E-state index in [2.05, 4.69) is 25.5 Å². The molecule has 0 radical (unpaired) electrons. The minimum absolute atomic E-state index is 0.0761. The van der Waals surface area contributed by atoms with Gasteiger partial charge in [0, 0.05) is 11.6 Å². The highest BCUT2D eigenvalue weighted by Gasteiger charge is 2.37. The summed E-state index contributed by atoms with van der Waals surface area (Å²) in [4.78, 5) is 31.7. The van der Waals surface area contributed by atoms with Gasteiger partial charge in [0.25, 0.3) is 11.5 Å². The average Bonchev–Trinajstić information content (AvgIpc) is 3.42. The average molecular weight is 544 g/mol. The molecule has 2 aromatic carbocycles. The van der Waals surface area contributed by atoms with Gasteiger partial charge in [-0.2, -0.15) is 36.5 Å². The molecule has 0 spiro atoms. The highest BCUT2D eigenvalue weighted by atomic mass is 19.4. The lowest BCUT2D eigenvalue weighted by Crippen LogP contribution is -2.20. The maximum Gasteiger partial charge on any atom is 0.420 e. The number of H-pyrrole nitrogens is 1. The van der Waals surface area contributed by atoms with Crippen LogP contribution in [0.25, 0.3) is 27.7 Å². The molecule has 0 unspecified atom stereocenters. The van der Waals surface area contributed by atoms with E-state index >= 15 is 0 Å². The van der Waals surface area contributed by atoms with Crippen LogP contribution in [0.3, 0.4) is 0 Å². The molecule has 3 heterocycles. The van der Waals surface area contributed by atoms with E-state index in [9.17, 15) is 35.9 Å². The number of halogens is 6. The first-order valence-corrected chi connectivity index (χ1v) is 11.0. The number of aromatic nitrogens is 5. The van der Waals surface area contributed by atoms with Crippen molar-refractivity contribution in [3.63, 3.8) is 0 Å². The summed E-state index contributed by atoms with van der Waals surface area (Å²) in [6.07, 6.45) is -5.45. The Morgan fingerprint density at radius 3 is 2.28 bits per heavy atom. The minimum atomic E-state index is -4.99. The van der Waals surface area contributed by atoms with Gasteiger partial charge in [-0.3, -0.25) is 9.59 Å². The maximum absolute atomic E-state index is 14.0. The van der Waals surface area contributed by atoms with E-state index in [0.717, 1.165) is 30.7 Å². The molecule has 0 saturated heterocycles. The Morgan fingerprint density at radius 2 is 1.59 bits per heavy atom. The second-order valence-corrected chi connectivity index (χ2v) is 8.20. The number of pyridine rings is 2. The number of nitrogens with one attached hydrogen (secondary N) is 2. The van der Waals surface area contributed by atoms with E-state index in [1.165, 1.54) is 36.5 Å². The molecule has 5 rings (SSSR count). The molecule has 0 aliphatic rings. The number of alkyl halides is 6. The molecule has 0 fully saturated rings. The highest BCUT2D eigenvalue weighted by Crippen LogP contribution is 2.38. The number of carbonyl (C=O) groups excluding carboxylic acids is 1. The maximum atomic E-state index is 14.0. The fraction of sp³-hybridized carbons (Fsp3) is 0.0800. The summed E-state index contributed by atoms with van der Waals surface area (Å²) in [7, 11) is 0. The number of aromatic amines is 1. The number of hydrogen-bond donors (Lipinski definition) is 2. The van der Waals surface area contributed by atoms with Gasteiger partial charge < -0.3 is 10.3 Å². The van der Waals surface area contributed by atoms with Gasteiger partial charge in [-0.25, -0.2) is 4.98 Å². The Balaban J connectivity index is 1.54. The molecule has 0 aliphatic heterocycles. The monoisotopic (exact) mass is 544 g/mol. The number of carbonyl (C=O) groups is 1. The van der Waals surface area contributed by atoms with Crippen LogP contribution >= 0.6 is 0 Å². The summed E-state index contributed by atoms with van der Waals surface area (Å²) in [6.45, 7) is 0. The molecule has 0 aliphatic carbocycles. The van der Waals surface area contributed by atoms with Crippen LogP contribution in [0.1, 0.15) is 21.5 Å². The third kappa shape index (κ3) is 4.95. The lowest BCUT2D eigenvalue weighted by molar-refractivity contribution is -0.138. The molecule has 1 amide bonds. The van der Waals surface area contributed by atoms with Crippen LogP contribution in [0.2, 0.25) is 0 Å². The van der Waals surface area contributed by atoms with Crippen LogP contribution in [0, 0.1) is 0 Å². The Labute approximate surface area is 213 Å². The van der Waals surface area contributed by atoms with Crippen LogP contribution < -0.4 is 10.9 Å². The topological polar surface area (TPSA) is 106 Å². The molecule has 3 aromatic heterocycles. The van der Waals surface area contributed by atoms with Crippen molar-refractivity contribution in [3.8, 4) is 16.9 Å². The van der Waals surface area contributed by atoms with Gasteiger partial charge in [0.15, 0.2) is 5.82 Å². The molecule has 5 aromatic rings. The van der Waals surface area contributed by atoms with Crippen LogP contribution in [0.5, 0.6) is 0 Å². The number of nitrogens with zero attached hydrogens (tertiary/aromatic N) is 4. The zero-order chi connectivity index (χ0) is 27.9. The number of benzene rings is 2. The Bertz CT molecular complexity index is 1760. The van der Waals surface area contributed by atoms with E-state index < -0.39 is 52.0 Å². The van der Waals surface area contributed by atoms with Crippen molar-refractivity contribution in [1.29, 1.82) is 0 Å². The summed E-state index contributed by atoms with van der Waals surface area (Å²) in [5.41, 5.74) is -3.98. The number of rotatable bonds is 4. The molecule has 0 saturated carbocycles. The van der Waals surface area contributed by atoms with Crippen LogP contribution in [-0.4, -0.2) is 30.9 Å². The van der Waals surface area contributed by atoms with Crippen molar-refractivity contribution in [2.45, 2.75) is 12.4 Å². The third-order valence-electron chi connectivity index (χ3n) is 5.73.